The van der Waals surface area contributed by atoms with Crippen molar-refractivity contribution in [2.45, 2.75) is 0 Å². The van der Waals surface area contributed by atoms with Crippen molar-refractivity contribution in [1.82, 2.24) is 24.7 Å². The highest BCUT2D eigenvalue weighted by Crippen LogP contribution is 2.37. The van der Waals surface area contributed by atoms with Gasteiger partial charge in [-0.1, -0.05) is 5.16 Å². The average Bonchev–Trinajstić information content (AvgIpc) is 3.11. The number of fused-ring (bicyclic) bond motifs is 1. The molecule has 4 rings (SSSR count). The summed E-state index contributed by atoms with van der Waals surface area (Å²) in [5.74, 6) is 0.263. The maximum Gasteiger partial charge on any atom is 0.230 e. The van der Waals surface area contributed by atoms with Crippen molar-refractivity contribution in [2.24, 2.45) is 0 Å². The van der Waals surface area contributed by atoms with E-state index in [-0.39, 0.29) is 5.88 Å². The van der Waals surface area contributed by atoms with Crippen LogP contribution in [-0.4, -0.2) is 24.7 Å². The lowest BCUT2D eigenvalue weighted by Gasteiger charge is -2.01. The van der Waals surface area contributed by atoms with E-state index in [1.54, 1.807) is 41.7 Å². The molecular weight excluding hydrogens is 268 g/mol. The molecule has 0 saturated heterocycles. The Morgan fingerprint density at radius 1 is 1.05 bits per heavy atom. The lowest BCUT2D eigenvalue weighted by atomic mass is 10.0. The summed E-state index contributed by atoms with van der Waals surface area (Å²) in [5.41, 5.74) is 9.84. The largest absolute Gasteiger partial charge is 0.367 e. The topological polar surface area (TPSA) is 95.1 Å². The van der Waals surface area contributed by atoms with E-state index in [1.165, 1.54) is 0 Å². The number of aromatic nitrogens is 5. The van der Waals surface area contributed by atoms with Gasteiger partial charge < -0.3 is 10.3 Å². The minimum absolute atomic E-state index is 0.263. The minimum atomic E-state index is 0.263. The summed E-state index contributed by atoms with van der Waals surface area (Å²) in [4.78, 5) is 8.13. The van der Waals surface area contributed by atoms with Crippen LogP contribution in [0.4, 0.5) is 5.88 Å². The maximum absolute atomic E-state index is 5.93. The summed E-state index contributed by atoms with van der Waals surface area (Å²) in [5, 5.41) is 8.36. The quantitative estimate of drug-likeness (QED) is 0.602. The van der Waals surface area contributed by atoms with Crippen LogP contribution in [0, 0.1) is 0 Å². The van der Waals surface area contributed by atoms with Crippen LogP contribution >= 0.6 is 0 Å². The Morgan fingerprint density at radius 2 is 1.90 bits per heavy atom. The molecule has 21 heavy (non-hydrogen) atoms. The molecule has 0 aliphatic heterocycles. The van der Waals surface area contributed by atoms with Crippen molar-refractivity contribution in [1.29, 1.82) is 0 Å². The molecule has 0 spiro atoms. The van der Waals surface area contributed by atoms with Crippen molar-refractivity contribution >= 4 is 11.4 Å². The summed E-state index contributed by atoms with van der Waals surface area (Å²) in [6.07, 6.45) is 10.3. The Kier molecular flexibility index (Phi) is 2.43. The lowest BCUT2D eigenvalue weighted by Crippen LogP contribution is -1.89. The highest BCUT2D eigenvalue weighted by molar-refractivity contribution is 5.91. The second kappa shape index (κ2) is 4.41. The van der Waals surface area contributed by atoms with Crippen molar-refractivity contribution in [3.8, 4) is 22.4 Å². The van der Waals surface area contributed by atoms with Gasteiger partial charge in [-0.05, 0) is 17.7 Å². The number of anilines is 1. The third-order valence-electron chi connectivity index (χ3n) is 3.27. The molecule has 0 fully saturated rings. The van der Waals surface area contributed by atoms with E-state index >= 15 is 0 Å². The van der Waals surface area contributed by atoms with E-state index in [2.05, 4.69) is 20.2 Å². The fourth-order valence-electron chi connectivity index (χ4n) is 2.30. The first kappa shape index (κ1) is 11.6. The molecule has 0 atom stereocenters. The second-order valence-electron chi connectivity index (χ2n) is 4.47. The number of nitrogen functional groups attached to an aromatic ring is 1. The van der Waals surface area contributed by atoms with Gasteiger partial charge in [0.15, 0.2) is 0 Å². The zero-order valence-electron chi connectivity index (χ0n) is 10.8. The van der Waals surface area contributed by atoms with Crippen LogP contribution < -0.4 is 5.73 Å². The van der Waals surface area contributed by atoms with Gasteiger partial charge in [-0.25, -0.2) is 4.52 Å². The number of nitrogens with zero attached hydrogens (tertiary/aromatic N) is 5. The van der Waals surface area contributed by atoms with E-state index in [9.17, 15) is 0 Å². The molecule has 0 unspecified atom stereocenters. The van der Waals surface area contributed by atoms with Crippen molar-refractivity contribution < 1.29 is 4.52 Å². The van der Waals surface area contributed by atoms with Gasteiger partial charge in [0.1, 0.15) is 5.69 Å². The molecule has 0 amide bonds. The van der Waals surface area contributed by atoms with Crippen molar-refractivity contribution in [3.05, 3.63) is 49.3 Å². The van der Waals surface area contributed by atoms with Crippen LogP contribution in [0.3, 0.4) is 0 Å². The van der Waals surface area contributed by atoms with Crippen LogP contribution in [0.1, 0.15) is 0 Å². The van der Waals surface area contributed by atoms with E-state index < -0.39 is 0 Å². The minimum Gasteiger partial charge on any atom is -0.367 e. The summed E-state index contributed by atoms with van der Waals surface area (Å²) < 4.78 is 6.90. The van der Waals surface area contributed by atoms with Gasteiger partial charge in [-0.3, -0.25) is 9.97 Å². The first-order valence-corrected chi connectivity index (χ1v) is 6.28. The number of rotatable bonds is 2. The van der Waals surface area contributed by atoms with E-state index in [0.717, 1.165) is 22.2 Å². The molecule has 4 heterocycles. The number of nitrogens with two attached hydrogens (primary N) is 1. The predicted molar refractivity (Wildman–Crippen MR) is 76.1 cm³/mol. The third kappa shape index (κ3) is 1.75. The van der Waals surface area contributed by atoms with Gasteiger partial charge in [0, 0.05) is 24.8 Å². The standard InChI is InChI=1S/C14H10N6O/c15-14-12(9-1-3-16-4-2-9)13(19-21-14)10-7-18-20-6-5-17-8-11(10)20/h1-8H,15H2. The Labute approximate surface area is 119 Å². The van der Waals surface area contributed by atoms with Crippen LogP contribution in [-0.2, 0) is 0 Å². The molecule has 4 aromatic heterocycles. The Hall–Kier alpha value is -3.22. The molecule has 0 aliphatic carbocycles. The van der Waals surface area contributed by atoms with Crippen LogP contribution in [0.15, 0.2) is 53.8 Å². The van der Waals surface area contributed by atoms with Gasteiger partial charge in [0.25, 0.3) is 0 Å². The van der Waals surface area contributed by atoms with Crippen LogP contribution in [0.2, 0.25) is 0 Å². The van der Waals surface area contributed by atoms with Gasteiger partial charge >= 0.3 is 0 Å². The molecular formula is C14H10N6O. The van der Waals surface area contributed by atoms with E-state index in [1.807, 2.05) is 12.1 Å². The SMILES string of the molecule is Nc1onc(-c2cnn3ccncc23)c1-c1ccncc1. The summed E-state index contributed by atoms with van der Waals surface area (Å²) in [7, 11) is 0. The molecule has 0 radical (unpaired) electrons. The molecule has 7 nitrogen and oxygen atoms in total. The molecule has 4 aromatic rings. The van der Waals surface area contributed by atoms with Crippen molar-refractivity contribution in [3.63, 3.8) is 0 Å². The molecule has 0 saturated carbocycles. The summed E-state index contributed by atoms with van der Waals surface area (Å²) in [6.45, 7) is 0. The molecule has 0 bridgehead atoms. The van der Waals surface area contributed by atoms with Gasteiger partial charge in [-0.2, -0.15) is 5.10 Å². The van der Waals surface area contributed by atoms with Crippen LogP contribution in [0.25, 0.3) is 27.9 Å². The van der Waals surface area contributed by atoms with E-state index in [0.29, 0.717) is 5.69 Å². The highest BCUT2D eigenvalue weighted by atomic mass is 16.5. The molecule has 7 heteroatoms. The van der Waals surface area contributed by atoms with Crippen molar-refractivity contribution in [2.75, 3.05) is 5.73 Å². The Balaban J connectivity index is 1.98. The highest BCUT2D eigenvalue weighted by Gasteiger charge is 2.20. The molecule has 0 aliphatic rings. The Morgan fingerprint density at radius 3 is 2.76 bits per heavy atom. The number of hydrogen-bond donors (Lipinski definition) is 1. The fraction of sp³-hybridized carbons (Fsp3) is 0. The summed E-state index contributed by atoms with van der Waals surface area (Å²) >= 11 is 0. The fourth-order valence-corrected chi connectivity index (χ4v) is 2.30. The molecule has 2 N–H and O–H groups in total. The first-order chi connectivity index (χ1) is 10.3. The first-order valence-electron chi connectivity index (χ1n) is 6.28. The predicted octanol–water partition coefficient (Wildman–Crippen LogP) is 2.03. The number of hydrogen-bond acceptors (Lipinski definition) is 6. The smallest absolute Gasteiger partial charge is 0.230 e. The zero-order valence-corrected chi connectivity index (χ0v) is 10.8. The average molecular weight is 278 g/mol. The third-order valence-corrected chi connectivity index (χ3v) is 3.27. The number of pyridine rings is 1. The molecule has 102 valence electrons. The van der Waals surface area contributed by atoms with E-state index in [4.69, 9.17) is 10.3 Å². The second-order valence-corrected chi connectivity index (χ2v) is 4.47. The van der Waals surface area contributed by atoms with Gasteiger partial charge in [0.2, 0.25) is 5.88 Å². The monoisotopic (exact) mass is 278 g/mol. The normalized spacial score (nSPS) is 11.0. The Bertz CT molecular complexity index is 912. The molecule has 0 aromatic carbocycles. The maximum atomic E-state index is 5.93. The lowest BCUT2D eigenvalue weighted by molar-refractivity contribution is 0.439. The zero-order chi connectivity index (χ0) is 14.2. The van der Waals surface area contributed by atoms with Gasteiger partial charge in [-0.15, -0.1) is 0 Å². The summed E-state index contributed by atoms with van der Waals surface area (Å²) in [6, 6.07) is 3.71. The van der Waals surface area contributed by atoms with Gasteiger partial charge in [0.05, 0.1) is 29.0 Å². The van der Waals surface area contributed by atoms with Crippen LogP contribution in [0.5, 0.6) is 0 Å².